The second kappa shape index (κ2) is 9.03. The summed E-state index contributed by atoms with van der Waals surface area (Å²) in [6.07, 6.45) is 0. The van der Waals surface area contributed by atoms with E-state index in [1.807, 2.05) is 30.3 Å². The summed E-state index contributed by atoms with van der Waals surface area (Å²) in [7, 11) is 1.65. The van der Waals surface area contributed by atoms with Gasteiger partial charge in [-0.25, -0.2) is 0 Å². The largest absolute Gasteiger partial charge is 0.497 e. The molecule has 3 rings (SSSR count). The Balaban J connectivity index is 1.73. The number of rotatable bonds is 7. The van der Waals surface area contributed by atoms with Crippen LogP contribution in [0.25, 0.3) is 0 Å². The van der Waals surface area contributed by atoms with Gasteiger partial charge in [-0.3, -0.25) is 0 Å². The van der Waals surface area contributed by atoms with Crippen molar-refractivity contribution in [3.63, 3.8) is 0 Å². The van der Waals surface area contributed by atoms with Gasteiger partial charge in [-0.05, 0) is 48.9 Å². The van der Waals surface area contributed by atoms with Gasteiger partial charge < -0.3 is 14.8 Å². The van der Waals surface area contributed by atoms with Gasteiger partial charge >= 0.3 is 0 Å². The molecule has 140 valence electrons. The highest BCUT2D eigenvalue weighted by Crippen LogP contribution is 2.33. The van der Waals surface area contributed by atoms with E-state index in [4.69, 9.17) is 32.7 Å². The summed E-state index contributed by atoms with van der Waals surface area (Å²) in [6, 6.07) is 19.5. The van der Waals surface area contributed by atoms with Crippen LogP contribution in [0, 0.1) is 6.92 Å². The van der Waals surface area contributed by atoms with Crippen LogP contribution in [-0.4, -0.2) is 7.11 Å². The first kappa shape index (κ1) is 19.4. The summed E-state index contributed by atoms with van der Waals surface area (Å²) in [5.74, 6) is 1.45. The van der Waals surface area contributed by atoms with Crippen molar-refractivity contribution in [2.75, 3.05) is 12.4 Å². The van der Waals surface area contributed by atoms with E-state index in [2.05, 4.69) is 36.5 Å². The van der Waals surface area contributed by atoms with E-state index in [0.29, 0.717) is 28.9 Å². The maximum atomic E-state index is 6.39. The van der Waals surface area contributed by atoms with E-state index in [1.54, 1.807) is 13.2 Å². The van der Waals surface area contributed by atoms with E-state index in [0.717, 1.165) is 22.6 Å². The molecular formula is C22H21Cl2NO2. The fraction of sp³-hybridized carbons (Fsp3) is 0.182. The lowest BCUT2D eigenvalue weighted by molar-refractivity contribution is 0.303. The monoisotopic (exact) mass is 401 g/mol. The first-order valence-electron chi connectivity index (χ1n) is 8.59. The number of methoxy groups -OCH3 is 1. The molecule has 27 heavy (non-hydrogen) atoms. The molecule has 3 nitrogen and oxygen atoms in total. The number of hydrogen-bond acceptors (Lipinski definition) is 3. The second-order valence-electron chi connectivity index (χ2n) is 6.23. The maximum absolute atomic E-state index is 6.39. The van der Waals surface area contributed by atoms with Crippen molar-refractivity contribution in [1.82, 2.24) is 0 Å². The molecule has 0 aliphatic heterocycles. The van der Waals surface area contributed by atoms with Crippen LogP contribution in [-0.2, 0) is 13.2 Å². The minimum Gasteiger partial charge on any atom is -0.497 e. The van der Waals surface area contributed by atoms with Gasteiger partial charge in [0.15, 0.2) is 0 Å². The zero-order chi connectivity index (χ0) is 19.2. The highest BCUT2D eigenvalue weighted by molar-refractivity contribution is 6.35. The maximum Gasteiger partial charge on any atom is 0.143 e. The van der Waals surface area contributed by atoms with Crippen molar-refractivity contribution in [1.29, 1.82) is 0 Å². The van der Waals surface area contributed by atoms with Crippen molar-refractivity contribution in [2.24, 2.45) is 0 Å². The Morgan fingerprint density at radius 1 is 0.926 bits per heavy atom. The van der Waals surface area contributed by atoms with E-state index in [1.165, 1.54) is 5.56 Å². The quantitative estimate of drug-likeness (QED) is 0.489. The Labute approximate surface area is 169 Å². The van der Waals surface area contributed by atoms with Crippen molar-refractivity contribution < 1.29 is 9.47 Å². The predicted molar refractivity (Wildman–Crippen MR) is 112 cm³/mol. The van der Waals surface area contributed by atoms with Crippen molar-refractivity contribution in [3.8, 4) is 11.5 Å². The molecule has 1 N–H and O–H groups in total. The summed E-state index contributed by atoms with van der Waals surface area (Å²) < 4.78 is 11.2. The topological polar surface area (TPSA) is 30.5 Å². The van der Waals surface area contributed by atoms with Gasteiger partial charge in [0.25, 0.3) is 0 Å². The van der Waals surface area contributed by atoms with E-state index >= 15 is 0 Å². The van der Waals surface area contributed by atoms with Gasteiger partial charge in [-0.15, -0.1) is 0 Å². The number of halogens is 2. The van der Waals surface area contributed by atoms with Crippen molar-refractivity contribution in [3.05, 3.63) is 87.4 Å². The Morgan fingerprint density at radius 2 is 1.63 bits per heavy atom. The molecule has 3 aromatic rings. The summed E-state index contributed by atoms with van der Waals surface area (Å²) in [4.78, 5) is 0. The second-order valence-corrected chi connectivity index (χ2v) is 7.08. The first-order valence-corrected chi connectivity index (χ1v) is 9.35. The third-order valence-electron chi connectivity index (χ3n) is 4.16. The summed E-state index contributed by atoms with van der Waals surface area (Å²) in [6.45, 7) is 3.04. The Kier molecular flexibility index (Phi) is 6.49. The SMILES string of the molecule is COc1ccc(NCc2cc(Cl)cc(Cl)c2OCc2ccc(C)cc2)cc1. The number of nitrogens with one attached hydrogen (secondary N) is 1. The average Bonchev–Trinajstić information content (AvgIpc) is 2.67. The molecule has 0 fully saturated rings. The Bertz CT molecular complexity index is 893. The van der Waals surface area contributed by atoms with Gasteiger partial charge in [-0.1, -0.05) is 53.0 Å². The van der Waals surface area contributed by atoms with Crippen molar-refractivity contribution >= 4 is 28.9 Å². The molecule has 0 saturated heterocycles. The molecule has 3 aromatic carbocycles. The molecule has 0 heterocycles. The third-order valence-corrected chi connectivity index (χ3v) is 4.66. The fourth-order valence-corrected chi connectivity index (χ4v) is 3.24. The number of aryl methyl sites for hydroxylation is 1. The molecule has 0 spiro atoms. The third kappa shape index (κ3) is 5.31. The number of hydrogen-bond donors (Lipinski definition) is 1. The minimum absolute atomic E-state index is 0.442. The molecule has 0 bridgehead atoms. The van der Waals surface area contributed by atoms with E-state index in [-0.39, 0.29) is 0 Å². The average molecular weight is 402 g/mol. The lowest BCUT2D eigenvalue weighted by Crippen LogP contribution is -2.04. The van der Waals surface area contributed by atoms with Crippen LogP contribution in [0.2, 0.25) is 10.0 Å². The Morgan fingerprint density at radius 3 is 2.30 bits per heavy atom. The number of ether oxygens (including phenoxy) is 2. The Hall–Kier alpha value is -2.36. The lowest BCUT2D eigenvalue weighted by atomic mass is 10.1. The minimum atomic E-state index is 0.442. The van der Waals surface area contributed by atoms with Crippen LogP contribution in [0.15, 0.2) is 60.7 Å². The fourth-order valence-electron chi connectivity index (χ4n) is 2.65. The zero-order valence-corrected chi connectivity index (χ0v) is 16.8. The molecule has 0 aromatic heterocycles. The van der Waals surface area contributed by atoms with Crippen LogP contribution in [0.4, 0.5) is 5.69 Å². The summed E-state index contributed by atoms with van der Waals surface area (Å²) in [5.41, 5.74) is 4.17. The van der Waals surface area contributed by atoms with Gasteiger partial charge in [-0.2, -0.15) is 0 Å². The summed E-state index contributed by atoms with van der Waals surface area (Å²) >= 11 is 12.6. The molecule has 0 unspecified atom stereocenters. The van der Waals surface area contributed by atoms with Crippen LogP contribution >= 0.6 is 23.2 Å². The van der Waals surface area contributed by atoms with E-state index < -0.39 is 0 Å². The molecule has 5 heteroatoms. The van der Waals surface area contributed by atoms with Crippen LogP contribution in [0.5, 0.6) is 11.5 Å². The van der Waals surface area contributed by atoms with Crippen LogP contribution in [0.3, 0.4) is 0 Å². The van der Waals surface area contributed by atoms with Gasteiger partial charge in [0, 0.05) is 22.8 Å². The smallest absolute Gasteiger partial charge is 0.143 e. The predicted octanol–water partition coefficient (Wildman–Crippen LogP) is 6.50. The molecule has 0 aliphatic rings. The summed E-state index contributed by atoms with van der Waals surface area (Å²) in [5, 5.41) is 4.44. The lowest BCUT2D eigenvalue weighted by Gasteiger charge is -2.15. The van der Waals surface area contributed by atoms with Crippen LogP contribution in [0.1, 0.15) is 16.7 Å². The van der Waals surface area contributed by atoms with Gasteiger partial charge in [0.05, 0.1) is 12.1 Å². The van der Waals surface area contributed by atoms with Gasteiger partial charge in [0.2, 0.25) is 0 Å². The molecule has 0 saturated carbocycles. The highest BCUT2D eigenvalue weighted by Gasteiger charge is 2.11. The van der Waals surface area contributed by atoms with Crippen molar-refractivity contribution in [2.45, 2.75) is 20.1 Å². The number of anilines is 1. The highest BCUT2D eigenvalue weighted by atomic mass is 35.5. The standard InChI is InChI=1S/C22H21Cl2NO2/c1-15-3-5-16(6-4-15)14-27-22-17(11-18(23)12-21(22)24)13-25-19-7-9-20(26-2)10-8-19/h3-12,25H,13-14H2,1-2H3. The molecule has 0 aliphatic carbocycles. The molecular weight excluding hydrogens is 381 g/mol. The number of benzene rings is 3. The zero-order valence-electron chi connectivity index (χ0n) is 15.3. The normalized spacial score (nSPS) is 10.5. The van der Waals surface area contributed by atoms with E-state index in [9.17, 15) is 0 Å². The molecule has 0 amide bonds. The molecule has 0 atom stereocenters. The first-order chi connectivity index (χ1) is 13.0. The van der Waals surface area contributed by atoms with Gasteiger partial charge in [0.1, 0.15) is 18.1 Å². The molecule has 0 radical (unpaired) electrons. The van der Waals surface area contributed by atoms with Crippen LogP contribution < -0.4 is 14.8 Å².